The summed E-state index contributed by atoms with van der Waals surface area (Å²) < 4.78 is 0. The van der Waals surface area contributed by atoms with E-state index in [1.54, 1.807) is 0 Å². The van der Waals surface area contributed by atoms with Gasteiger partial charge in [-0.3, -0.25) is 4.79 Å². The summed E-state index contributed by atoms with van der Waals surface area (Å²) in [7, 11) is 0. The highest BCUT2D eigenvalue weighted by molar-refractivity contribution is 5.77. The van der Waals surface area contributed by atoms with Crippen LogP contribution < -0.4 is 11.1 Å². The molecule has 1 heterocycles. The van der Waals surface area contributed by atoms with Gasteiger partial charge in [0.2, 0.25) is 5.91 Å². The van der Waals surface area contributed by atoms with Gasteiger partial charge in [-0.1, -0.05) is 6.92 Å². The first-order valence-corrected chi connectivity index (χ1v) is 6.92. The summed E-state index contributed by atoms with van der Waals surface area (Å²) >= 11 is 0. The zero-order valence-corrected chi connectivity index (χ0v) is 10.9. The third-order valence-electron chi connectivity index (χ3n) is 4.18. The van der Waals surface area contributed by atoms with Crippen LogP contribution in [0.2, 0.25) is 0 Å². The number of nitrogens with two attached hydrogens (primary N) is 1. The summed E-state index contributed by atoms with van der Waals surface area (Å²) in [6.07, 6.45) is 6.00. The van der Waals surface area contributed by atoms with Crippen LogP contribution in [-0.4, -0.2) is 42.0 Å². The number of piperidine rings is 1. The Balaban J connectivity index is 1.74. The molecule has 3 N–H and O–H groups in total. The number of carbonyl (C=O) groups is 1. The molecule has 0 bridgehead atoms. The molecule has 1 amide bonds. The van der Waals surface area contributed by atoms with Crippen LogP contribution in [-0.2, 0) is 4.79 Å². The molecule has 2 fully saturated rings. The van der Waals surface area contributed by atoms with Crippen molar-refractivity contribution >= 4 is 5.91 Å². The minimum Gasteiger partial charge on any atom is -0.352 e. The van der Waals surface area contributed by atoms with Crippen molar-refractivity contribution in [3.05, 3.63) is 0 Å². The van der Waals surface area contributed by atoms with Crippen molar-refractivity contribution in [3.8, 4) is 0 Å². The summed E-state index contributed by atoms with van der Waals surface area (Å²) in [6.45, 7) is 5.42. The van der Waals surface area contributed by atoms with E-state index in [1.165, 1.54) is 19.4 Å². The third-order valence-corrected chi connectivity index (χ3v) is 4.18. The van der Waals surface area contributed by atoms with Crippen LogP contribution in [0, 0.1) is 0 Å². The van der Waals surface area contributed by atoms with Crippen LogP contribution in [0.4, 0.5) is 0 Å². The van der Waals surface area contributed by atoms with Gasteiger partial charge in [0.05, 0.1) is 0 Å². The lowest BCUT2D eigenvalue weighted by atomic mass is 9.75. The van der Waals surface area contributed by atoms with E-state index in [2.05, 4.69) is 17.1 Å². The van der Waals surface area contributed by atoms with E-state index in [9.17, 15) is 4.79 Å². The van der Waals surface area contributed by atoms with Crippen molar-refractivity contribution in [3.63, 3.8) is 0 Å². The molecule has 1 saturated carbocycles. The van der Waals surface area contributed by atoms with Gasteiger partial charge in [0.15, 0.2) is 0 Å². The standard InChI is InChI=1S/C13H25N3O/c1-2-16-8-3-5-11(10-16)15-12(17)9-13(14)6-4-7-13/h11H,2-10,14H2,1H3,(H,15,17). The topological polar surface area (TPSA) is 58.4 Å². The predicted molar refractivity (Wildman–Crippen MR) is 68.7 cm³/mol. The molecule has 1 aliphatic heterocycles. The lowest BCUT2D eigenvalue weighted by Gasteiger charge is -2.38. The van der Waals surface area contributed by atoms with E-state index in [1.807, 2.05) is 0 Å². The van der Waals surface area contributed by atoms with Crippen LogP contribution in [0.25, 0.3) is 0 Å². The van der Waals surface area contributed by atoms with E-state index in [-0.39, 0.29) is 11.4 Å². The molecule has 0 radical (unpaired) electrons. The molecule has 2 rings (SSSR count). The molecule has 4 nitrogen and oxygen atoms in total. The lowest BCUT2D eigenvalue weighted by Crippen LogP contribution is -2.53. The number of likely N-dealkylation sites (N-methyl/N-ethyl adjacent to an activating group) is 1. The maximum absolute atomic E-state index is 11.9. The number of likely N-dealkylation sites (tertiary alicyclic amines) is 1. The van der Waals surface area contributed by atoms with Gasteiger partial charge < -0.3 is 16.0 Å². The number of carbonyl (C=O) groups excluding carboxylic acids is 1. The quantitative estimate of drug-likeness (QED) is 0.765. The molecule has 0 aromatic rings. The molecule has 4 heteroatoms. The van der Waals surface area contributed by atoms with Gasteiger partial charge >= 0.3 is 0 Å². The normalized spacial score (nSPS) is 28.5. The fourth-order valence-corrected chi connectivity index (χ4v) is 2.87. The average Bonchev–Trinajstić information content (AvgIpc) is 2.27. The van der Waals surface area contributed by atoms with E-state index < -0.39 is 0 Å². The number of rotatable bonds is 4. The van der Waals surface area contributed by atoms with Gasteiger partial charge in [-0.25, -0.2) is 0 Å². The SMILES string of the molecule is CCN1CCCC(NC(=O)CC2(N)CCC2)C1. The highest BCUT2D eigenvalue weighted by atomic mass is 16.1. The van der Waals surface area contributed by atoms with Gasteiger partial charge in [0.25, 0.3) is 0 Å². The van der Waals surface area contributed by atoms with Gasteiger partial charge in [-0.2, -0.15) is 0 Å². The molecule has 98 valence electrons. The number of hydrogen-bond donors (Lipinski definition) is 2. The molecule has 0 spiro atoms. The van der Waals surface area contributed by atoms with Gasteiger partial charge in [0, 0.05) is 24.5 Å². The highest BCUT2D eigenvalue weighted by Gasteiger charge is 2.35. The molecular formula is C13H25N3O. The van der Waals surface area contributed by atoms with E-state index in [0.29, 0.717) is 12.5 Å². The molecule has 0 aromatic heterocycles. The van der Waals surface area contributed by atoms with Gasteiger partial charge in [-0.15, -0.1) is 0 Å². The second kappa shape index (κ2) is 5.36. The Bertz CT molecular complexity index is 276. The average molecular weight is 239 g/mol. The zero-order valence-electron chi connectivity index (χ0n) is 10.9. The maximum Gasteiger partial charge on any atom is 0.222 e. The van der Waals surface area contributed by atoms with E-state index >= 15 is 0 Å². The van der Waals surface area contributed by atoms with Crippen LogP contribution in [0.5, 0.6) is 0 Å². The first kappa shape index (κ1) is 12.8. The molecular weight excluding hydrogens is 214 g/mol. The Kier molecular flexibility index (Phi) is 4.05. The van der Waals surface area contributed by atoms with Crippen molar-refractivity contribution in [1.29, 1.82) is 0 Å². The molecule has 17 heavy (non-hydrogen) atoms. The largest absolute Gasteiger partial charge is 0.352 e. The third kappa shape index (κ3) is 3.42. The summed E-state index contributed by atoms with van der Waals surface area (Å²) in [5.41, 5.74) is 5.90. The van der Waals surface area contributed by atoms with Crippen molar-refractivity contribution in [1.82, 2.24) is 10.2 Å². The number of nitrogens with one attached hydrogen (secondary N) is 1. The molecule has 1 unspecified atom stereocenters. The Hall–Kier alpha value is -0.610. The second-order valence-corrected chi connectivity index (χ2v) is 5.69. The predicted octanol–water partition coefficient (Wildman–Crippen LogP) is 0.858. The summed E-state index contributed by atoms with van der Waals surface area (Å²) in [6, 6.07) is 0.333. The van der Waals surface area contributed by atoms with E-state index in [0.717, 1.165) is 32.4 Å². The van der Waals surface area contributed by atoms with Crippen LogP contribution in [0.3, 0.4) is 0 Å². The first-order chi connectivity index (χ1) is 8.11. The summed E-state index contributed by atoms with van der Waals surface area (Å²) in [4.78, 5) is 14.3. The van der Waals surface area contributed by atoms with Gasteiger partial charge in [-0.05, 0) is 45.2 Å². The first-order valence-electron chi connectivity index (χ1n) is 6.92. The monoisotopic (exact) mass is 239 g/mol. The molecule has 1 aliphatic carbocycles. The minimum absolute atomic E-state index is 0.148. The lowest BCUT2D eigenvalue weighted by molar-refractivity contribution is -0.124. The number of amides is 1. The van der Waals surface area contributed by atoms with Crippen LogP contribution >= 0.6 is 0 Å². The fourth-order valence-electron chi connectivity index (χ4n) is 2.87. The summed E-state index contributed by atoms with van der Waals surface area (Å²) in [5, 5.41) is 3.15. The minimum atomic E-state index is -0.191. The number of nitrogens with zero attached hydrogens (tertiary/aromatic N) is 1. The Morgan fingerprint density at radius 3 is 2.82 bits per heavy atom. The van der Waals surface area contributed by atoms with Crippen molar-refractivity contribution in [2.24, 2.45) is 5.73 Å². The molecule has 1 saturated heterocycles. The van der Waals surface area contributed by atoms with Crippen molar-refractivity contribution < 1.29 is 4.79 Å². The molecule has 0 aromatic carbocycles. The van der Waals surface area contributed by atoms with E-state index in [4.69, 9.17) is 5.73 Å². The Morgan fingerprint density at radius 1 is 1.47 bits per heavy atom. The van der Waals surface area contributed by atoms with Crippen molar-refractivity contribution in [2.45, 2.75) is 57.0 Å². The Morgan fingerprint density at radius 2 is 2.24 bits per heavy atom. The second-order valence-electron chi connectivity index (χ2n) is 5.69. The Labute approximate surface area is 104 Å². The smallest absolute Gasteiger partial charge is 0.222 e. The van der Waals surface area contributed by atoms with Crippen LogP contribution in [0.15, 0.2) is 0 Å². The summed E-state index contributed by atoms with van der Waals surface area (Å²) in [5.74, 6) is 0.148. The number of hydrogen-bond acceptors (Lipinski definition) is 3. The highest BCUT2D eigenvalue weighted by Crippen LogP contribution is 2.32. The maximum atomic E-state index is 11.9. The van der Waals surface area contributed by atoms with Gasteiger partial charge in [0.1, 0.15) is 0 Å². The zero-order chi connectivity index (χ0) is 12.3. The van der Waals surface area contributed by atoms with Crippen LogP contribution in [0.1, 0.15) is 45.4 Å². The fraction of sp³-hybridized carbons (Fsp3) is 0.923. The van der Waals surface area contributed by atoms with Crippen molar-refractivity contribution in [2.75, 3.05) is 19.6 Å². The molecule has 2 aliphatic rings. The molecule has 1 atom stereocenters.